The molecular weight excluding hydrogens is 138 g/mol. The van der Waals surface area contributed by atoms with Gasteiger partial charge in [0.15, 0.2) is 0 Å². The quantitative estimate of drug-likeness (QED) is 0.595. The topological polar surface area (TPSA) is 33.1 Å². The van der Waals surface area contributed by atoms with Crippen molar-refractivity contribution >= 4 is 11.5 Å². The van der Waals surface area contributed by atoms with Gasteiger partial charge >= 0.3 is 0 Å². The predicted octanol–water partition coefficient (Wildman–Crippen LogP) is 2.07. The van der Waals surface area contributed by atoms with Crippen molar-refractivity contribution in [3.8, 4) is 5.75 Å². The van der Waals surface area contributed by atoms with E-state index in [4.69, 9.17) is 10.1 Å². The van der Waals surface area contributed by atoms with Crippen LogP contribution in [-0.4, -0.2) is 5.90 Å². The third-order valence-corrected chi connectivity index (χ3v) is 1.70. The molecule has 2 rings (SSSR count). The van der Waals surface area contributed by atoms with E-state index in [0.717, 1.165) is 11.3 Å². The second-order valence-corrected chi connectivity index (χ2v) is 2.41. The number of ether oxygens (including phenoxy) is 1. The van der Waals surface area contributed by atoms with Crippen LogP contribution in [0.15, 0.2) is 30.8 Å². The van der Waals surface area contributed by atoms with Crippen LogP contribution in [0.5, 0.6) is 5.75 Å². The first-order chi connectivity index (χ1) is 5.29. The summed E-state index contributed by atoms with van der Waals surface area (Å²) in [5, 5.41) is 7.32. The van der Waals surface area contributed by atoms with Crippen LogP contribution in [0.3, 0.4) is 0 Å². The molecule has 1 aromatic rings. The molecule has 1 aliphatic heterocycles. The third kappa shape index (κ3) is 0.759. The van der Waals surface area contributed by atoms with Crippen molar-refractivity contribution in [2.24, 2.45) is 0 Å². The molecule has 2 nitrogen and oxygen atoms in total. The van der Waals surface area contributed by atoms with Crippen molar-refractivity contribution < 1.29 is 4.74 Å². The third-order valence-electron chi connectivity index (χ3n) is 1.70. The van der Waals surface area contributed by atoms with Crippen molar-refractivity contribution in [2.75, 3.05) is 0 Å². The van der Waals surface area contributed by atoms with Gasteiger partial charge in [0.05, 0.1) is 0 Å². The minimum atomic E-state index is 0.159. The molecule has 1 N–H and O–H groups in total. The first-order valence-corrected chi connectivity index (χ1v) is 3.34. The maximum atomic E-state index is 7.32. The van der Waals surface area contributed by atoms with Crippen LogP contribution in [-0.2, 0) is 0 Å². The van der Waals surface area contributed by atoms with Crippen LogP contribution < -0.4 is 4.74 Å². The fraction of sp³-hybridized carbons (Fsp3) is 0. The first-order valence-electron chi connectivity index (χ1n) is 3.34. The van der Waals surface area contributed by atoms with Gasteiger partial charge in [-0.25, -0.2) is 0 Å². The van der Waals surface area contributed by atoms with Crippen LogP contribution >= 0.6 is 0 Å². The molecule has 0 unspecified atom stereocenters. The maximum absolute atomic E-state index is 7.32. The normalized spacial score (nSPS) is 14.5. The lowest BCUT2D eigenvalue weighted by molar-refractivity contribution is 0.566. The summed E-state index contributed by atoms with van der Waals surface area (Å²) in [4.78, 5) is 0. The SMILES string of the molecule is C=C1C(=N)Oc2ccccc21. The van der Waals surface area contributed by atoms with Crippen molar-refractivity contribution in [3.63, 3.8) is 0 Å². The van der Waals surface area contributed by atoms with Gasteiger partial charge in [0.2, 0.25) is 5.90 Å². The van der Waals surface area contributed by atoms with Crippen molar-refractivity contribution in [3.05, 3.63) is 36.4 Å². The van der Waals surface area contributed by atoms with E-state index in [0.29, 0.717) is 5.57 Å². The van der Waals surface area contributed by atoms with Gasteiger partial charge in [-0.2, -0.15) is 0 Å². The Morgan fingerprint density at radius 3 is 2.73 bits per heavy atom. The molecule has 0 spiro atoms. The molecule has 0 fully saturated rings. The zero-order chi connectivity index (χ0) is 7.84. The average Bonchev–Trinajstić information content (AvgIpc) is 2.30. The van der Waals surface area contributed by atoms with Crippen LogP contribution in [0.1, 0.15) is 5.56 Å². The van der Waals surface area contributed by atoms with Gasteiger partial charge in [-0.1, -0.05) is 24.8 Å². The Hall–Kier alpha value is -1.57. The highest BCUT2D eigenvalue weighted by molar-refractivity contribution is 6.22. The van der Waals surface area contributed by atoms with Gasteiger partial charge in [-0.15, -0.1) is 0 Å². The Labute approximate surface area is 64.6 Å². The largest absolute Gasteiger partial charge is 0.438 e. The predicted molar refractivity (Wildman–Crippen MR) is 43.8 cm³/mol. The molecule has 0 amide bonds. The van der Waals surface area contributed by atoms with E-state index in [1.807, 2.05) is 24.3 Å². The lowest BCUT2D eigenvalue weighted by Gasteiger charge is -1.92. The fourth-order valence-electron chi connectivity index (χ4n) is 1.10. The number of benzene rings is 1. The summed E-state index contributed by atoms with van der Waals surface area (Å²) in [5.41, 5.74) is 1.60. The van der Waals surface area contributed by atoms with Gasteiger partial charge in [0, 0.05) is 11.1 Å². The zero-order valence-corrected chi connectivity index (χ0v) is 5.92. The van der Waals surface area contributed by atoms with E-state index in [1.165, 1.54) is 0 Å². The molecule has 0 radical (unpaired) electrons. The summed E-state index contributed by atoms with van der Waals surface area (Å²) in [7, 11) is 0. The minimum absolute atomic E-state index is 0.159. The van der Waals surface area contributed by atoms with E-state index in [2.05, 4.69) is 6.58 Å². The van der Waals surface area contributed by atoms with E-state index in [9.17, 15) is 0 Å². The van der Waals surface area contributed by atoms with Crippen molar-refractivity contribution in [1.82, 2.24) is 0 Å². The number of hydrogen-bond donors (Lipinski definition) is 1. The Bertz CT molecular complexity index is 341. The first kappa shape index (κ1) is 6.16. The maximum Gasteiger partial charge on any atom is 0.219 e. The molecule has 0 saturated carbocycles. The number of nitrogens with one attached hydrogen (secondary N) is 1. The molecule has 0 atom stereocenters. The van der Waals surface area contributed by atoms with Gasteiger partial charge in [-0.05, 0) is 6.07 Å². The molecule has 0 aromatic heterocycles. The second-order valence-electron chi connectivity index (χ2n) is 2.41. The molecule has 1 aliphatic rings. The van der Waals surface area contributed by atoms with E-state index in [-0.39, 0.29) is 5.90 Å². The van der Waals surface area contributed by atoms with Gasteiger partial charge in [0.25, 0.3) is 0 Å². The molecule has 54 valence electrons. The van der Waals surface area contributed by atoms with Crippen LogP contribution in [0, 0.1) is 5.41 Å². The summed E-state index contributed by atoms with van der Waals surface area (Å²) < 4.78 is 5.10. The number of fused-ring (bicyclic) bond motifs is 1. The Balaban J connectivity index is 2.64. The minimum Gasteiger partial charge on any atom is -0.438 e. The van der Waals surface area contributed by atoms with Gasteiger partial charge in [-0.3, -0.25) is 5.41 Å². The number of para-hydroxylation sites is 1. The van der Waals surface area contributed by atoms with Gasteiger partial charge < -0.3 is 4.74 Å². The monoisotopic (exact) mass is 145 g/mol. The van der Waals surface area contributed by atoms with E-state index < -0.39 is 0 Å². The lowest BCUT2D eigenvalue weighted by atomic mass is 10.1. The number of rotatable bonds is 0. The highest BCUT2D eigenvalue weighted by Crippen LogP contribution is 2.32. The zero-order valence-electron chi connectivity index (χ0n) is 5.92. The molecule has 0 aliphatic carbocycles. The summed E-state index contributed by atoms with van der Waals surface area (Å²) in [6.07, 6.45) is 0. The Morgan fingerprint density at radius 2 is 2.00 bits per heavy atom. The highest BCUT2D eigenvalue weighted by atomic mass is 16.5. The Kier molecular flexibility index (Phi) is 1.09. The highest BCUT2D eigenvalue weighted by Gasteiger charge is 2.20. The molecule has 0 saturated heterocycles. The summed E-state index contributed by atoms with van der Waals surface area (Å²) in [6.45, 7) is 3.73. The van der Waals surface area contributed by atoms with Crippen LogP contribution in [0.4, 0.5) is 0 Å². The van der Waals surface area contributed by atoms with Crippen molar-refractivity contribution in [1.29, 1.82) is 5.41 Å². The molecule has 1 heterocycles. The standard InChI is InChI=1S/C9H7NO/c1-6-7-4-2-3-5-8(7)11-9(6)10/h2-5,10H,1H2. The molecule has 2 heteroatoms. The van der Waals surface area contributed by atoms with Gasteiger partial charge in [0.1, 0.15) is 5.75 Å². The Morgan fingerprint density at radius 1 is 1.27 bits per heavy atom. The summed E-state index contributed by atoms with van der Waals surface area (Å²) in [6, 6.07) is 7.53. The lowest BCUT2D eigenvalue weighted by Crippen LogP contribution is -1.97. The number of hydrogen-bond acceptors (Lipinski definition) is 2. The molecular formula is C9H7NO. The van der Waals surface area contributed by atoms with Crippen LogP contribution in [0.25, 0.3) is 5.57 Å². The summed E-state index contributed by atoms with van der Waals surface area (Å²) >= 11 is 0. The summed E-state index contributed by atoms with van der Waals surface area (Å²) in [5.74, 6) is 0.897. The average molecular weight is 145 g/mol. The van der Waals surface area contributed by atoms with E-state index >= 15 is 0 Å². The van der Waals surface area contributed by atoms with Crippen LogP contribution in [0.2, 0.25) is 0 Å². The van der Waals surface area contributed by atoms with Crippen molar-refractivity contribution in [2.45, 2.75) is 0 Å². The second kappa shape index (κ2) is 1.95. The molecule has 1 aromatic carbocycles. The molecule has 11 heavy (non-hydrogen) atoms. The van der Waals surface area contributed by atoms with E-state index in [1.54, 1.807) is 0 Å². The fourth-order valence-corrected chi connectivity index (χ4v) is 1.10. The smallest absolute Gasteiger partial charge is 0.219 e. The molecule has 0 bridgehead atoms.